The molecule has 0 fully saturated rings. The Bertz CT molecular complexity index is 760. The second-order valence-corrected chi connectivity index (χ2v) is 54.0. The molecule has 0 aromatic rings. The summed E-state index contributed by atoms with van der Waals surface area (Å²) in [4.78, 5) is 0. The standard InChI is InChI=1S/2C11H15.2CH3.2ClH.Hf.H2Si/c2*1-2-9-7-10-5-3-4-6-11(10)8-9;;;;;;/h2*7-8H,2-6H2,1H3;2*1H3;2*1H;;1H2. The van der Waals surface area contributed by atoms with Crippen molar-refractivity contribution < 1.29 is 17.1 Å². The van der Waals surface area contributed by atoms with E-state index in [1.165, 1.54) is 64.2 Å². The molecule has 0 N–H and O–H groups in total. The van der Waals surface area contributed by atoms with E-state index in [2.05, 4.69) is 42.3 Å². The zero-order valence-electron chi connectivity index (χ0n) is 18.4. The monoisotopic (exact) mass is 606 g/mol. The van der Waals surface area contributed by atoms with Gasteiger partial charge in [-0.05, 0) is 0 Å². The quantitative estimate of drug-likeness (QED) is 0.284. The van der Waals surface area contributed by atoms with E-state index in [4.69, 9.17) is 0 Å². The smallest absolute Gasteiger partial charge is 0.147 e. The molecule has 0 spiro atoms. The Morgan fingerprint density at radius 3 is 1.46 bits per heavy atom. The molecule has 0 aromatic carbocycles. The van der Waals surface area contributed by atoms with Gasteiger partial charge in [0.2, 0.25) is 0 Å². The van der Waals surface area contributed by atoms with Gasteiger partial charge in [-0.3, -0.25) is 0 Å². The zero-order chi connectivity index (χ0) is 18.6. The average molecular weight is 606 g/mol. The van der Waals surface area contributed by atoms with Crippen LogP contribution >= 0.6 is 24.8 Å². The first-order valence-electron chi connectivity index (χ1n) is 11.3. The van der Waals surface area contributed by atoms with Gasteiger partial charge in [0.05, 0.1) is 0 Å². The van der Waals surface area contributed by atoms with Crippen molar-refractivity contribution >= 4 is 31.8 Å². The van der Waals surface area contributed by atoms with Crippen molar-refractivity contribution in [3.05, 3.63) is 45.6 Å². The third-order valence-corrected chi connectivity index (χ3v) is 33.5. The summed E-state index contributed by atoms with van der Waals surface area (Å²) in [6.07, 6.45) is 19.1. The van der Waals surface area contributed by atoms with Crippen molar-refractivity contribution in [2.45, 2.75) is 94.8 Å². The van der Waals surface area contributed by atoms with Crippen LogP contribution < -0.4 is 0 Å². The molecule has 0 radical (unpaired) electrons. The summed E-state index contributed by atoms with van der Waals surface area (Å²) < 4.78 is 7.46. The fourth-order valence-electron chi connectivity index (χ4n) is 7.10. The molecule has 0 nitrogen and oxygen atoms in total. The Morgan fingerprint density at radius 1 is 0.750 bits per heavy atom. The molecule has 0 bridgehead atoms. The first kappa shape index (κ1) is 24.9. The summed E-state index contributed by atoms with van der Waals surface area (Å²) in [5.41, 5.74) is 11.0. The minimum atomic E-state index is -3.19. The van der Waals surface area contributed by atoms with Gasteiger partial charge in [-0.25, -0.2) is 0 Å². The van der Waals surface area contributed by atoms with E-state index in [9.17, 15) is 0 Å². The Kier molecular flexibility index (Phi) is 8.01. The summed E-state index contributed by atoms with van der Waals surface area (Å²) in [6, 6.07) is 0. The van der Waals surface area contributed by atoms with Gasteiger partial charge in [0.1, 0.15) is 0 Å². The van der Waals surface area contributed by atoms with Crippen LogP contribution in [0, 0.1) is 0 Å². The predicted molar refractivity (Wildman–Crippen MR) is 130 cm³/mol. The van der Waals surface area contributed by atoms with Gasteiger partial charge in [0.25, 0.3) is 0 Å². The van der Waals surface area contributed by atoms with Crippen LogP contribution in [0.2, 0.25) is 16.7 Å². The van der Waals surface area contributed by atoms with E-state index < -0.39 is 17.1 Å². The zero-order valence-corrected chi connectivity index (χ0v) is 25.0. The summed E-state index contributed by atoms with van der Waals surface area (Å²) in [6.45, 7) is 7.41. The van der Waals surface area contributed by atoms with Gasteiger partial charge in [-0.2, -0.15) is 0 Å². The van der Waals surface area contributed by atoms with E-state index >= 15 is 0 Å². The maximum atomic E-state index is 2.85. The Labute approximate surface area is 188 Å². The van der Waals surface area contributed by atoms with E-state index in [-0.39, 0.29) is 24.8 Å². The molecular weight excluding hydrogens is 566 g/mol. The molecule has 0 aliphatic heterocycles. The minimum absolute atomic E-state index is 0. The van der Waals surface area contributed by atoms with Crippen molar-refractivity contribution in [1.29, 1.82) is 0 Å². The van der Waals surface area contributed by atoms with Gasteiger partial charge < -0.3 is 0 Å². The third kappa shape index (κ3) is 3.94. The van der Waals surface area contributed by atoms with Crippen molar-refractivity contribution in [2.24, 2.45) is 0 Å². The van der Waals surface area contributed by atoms with E-state index in [0.717, 1.165) is 7.35 Å². The fourth-order valence-corrected chi connectivity index (χ4v) is 38.0. The molecule has 4 aliphatic carbocycles. The number of rotatable bonds is 4. The summed E-state index contributed by atoms with van der Waals surface area (Å²) >= 11 is -3.19. The Hall–Kier alpha value is 0.627. The average Bonchev–Trinajstić information content (AvgIpc) is 3.20. The second kappa shape index (κ2) is 9.01. The maximum absolute atomic E-state index is 3.19. The predicted octanol–water partition coefficient (Wildman–Crippen LogP) is 8.18. The molecule has 0 amide bonds. The van der Waals surface area contributed by atoms with Crippen LogP contribution in [0.15, 0.2) is 45.6 Å². The van der Waals surface area contributed by atoms with Crippen LogP contribution in [0.5, 0.6) is 0 Å². The molecule has 158 valence electrons. The van der Waals surface area contributed by atoms with E-state index in [1.54, 1.807) is 11.1 Å². The van der Waals surface area contributed by atoms with Crippen molar-refractivity contribution in [2.75, 3.05) is 0 Å². The van der Waals surface area contributed by atoms with E-state index in [0.29, 0.717) is 0 Å². The molecule has 4 aliphatic rings. The summed E-state index contributed by atoms with van der Waals surface area (Å²) in [5.74, 6) is 0. The van der Waals surface area contributed by atoms with Crippen LogP contribution in [0.4, 0.5) is 0 Å². The van der Waals surface area contributed by atoms with Crippen LogP contribution in [0.25, 0.3) is 0 Å². The molecule has 4 heteroatoms. The summed E-state index contributed by atoms with van der Waals surface area (Å²) in [5, 5.41) is 0. The minimum Gasteiger partial charge on any atom is -0.147 e. The molecule has 0 heterocycles. The molecule has 2 atom stereocenters. The molecular formula is C24H40Cl2HfSi. The van der Waals surface area contributed by atoms with Gasteiger partial charge >= 0.3 is 164 Å². The number of hydrogen-bond acceptors (Lipinski definition) is 0. The first-order valence-corrected chi connectivity index (χ1v) is 30.9. The Balaban J connectivity index is 0.00000140. The van der Waals surface area contributed by atoms with E-state index in [1.807, 2.05) is 22.3 Å². The van der Waals surface area contributed by atoms with Gasteiger partial charge in [0.15, 0.2) is 0 Å². The van der Waals surface area contributed by atoms with Gasteiger partial charge in [-0.15, -0.1) is 24.8 Å². The van der Waals surface area contributed by atoms with Crippen LogP contribution in [-0.2, 0) is 17.1 Å². The SMILES string of the molecule is CCC1=CC2=C(CCCC2)[CH]1[Hf]([CH3])([CH3])(=[SiH2])[CH]1C(CC)=CC2=C1CCCC2.Cl.Cl. The maximum Gasteiger partial charge on any atom is -0.147 e. The topological polar surface area (TPSA) is 0 Å². The third-order valence-electron chi connectivity index (χ3n) is 7.98. The molecule has 0 saturated carbocycles. The molecule has 0 saturated heterocycles. The molecule has 28 heavy (non-hydrogen) atoms. The van der Waals surface area contributed by atoms with Crippen molar-refractivity contribution in [3.63, 3.8) is 0 Å². The normalized spacial score (nSPS) is 27.5. The van der Waals surface area contributed by atoms with Crippen LogP contribution in [0.3, 0.4) is 0 Å². The van der Waals surface area contributed by atoms with Gasteiger partial charge in [-0.1, -0.05) is 0 Å². The largest absolute Gasteiger partial charge is 0.147 e. The van der Waals surface area contributed by atoms with Crippen LogP contribution in [0.1, 0.15) is 78.1 Å². The number of hydrogen-bond donors (Lipinski definition) is 0. The Morgan fingerprint density at radius 2 is 1.11 bits per heavy atom. The van der Waals surface area contributed by atoms with Gasteiger partial charge in [0, 0.05) is 0 Å². The molecule has 2 unspecified atom stereocenters. The first-order chi connectivity index (χ1) is 12.4. The fraction of sp³-hybridized carbons (Fsp3) is 0.667. The van der Waals surface area contributed by atoms with Crippen LogP contribution in [-0.4, -0.2) is 6.94 Å². The van der Waals surface area contributed by atoms with Crippen molar-refractivity contribution in [1.82, 2.24) is 0 Å². The molecule has 0 aromatic heterocycles. The number of allylic oxidation sites excluding steroid dienone is 8. The molecule has 4 rings (SSSR count). The summed E-state index contributed by atoms with van der Waals surface area (Å²) in [7, 11) is 0. The second-order valence-electron chi connectivity index (χ2n) is 10.5. The van der Waals surface area contributed by atoms with Crippen molar-refractivity contribution in [3.8, 4) is 0 Å². The number of halogens is 2.